The third kappa shape index (κ3) is 4.57. The lowest BCUT2D eigenvalue weighted by Gasteiger charge is -2.24. The SMILES string of the molecule is O=C1/C(=C/c2ccccc2Cl)Oc2cc(OC(=O)C(Cc3ccccc3)N3C(=O)c4ccccc4C3=O)ccc21. The summed E-state index contributed by atoms with van der Waals surface area (Å²) >= 11 is 6.21. The Bertz CT molecular complexity index is 1690. The standard InChI is InChI=1S/C32H20ClNO6/c33-25-13-7-4-10-20(25)17-28-29(35)24-15-14-21(18-27(24)40-28)39-32(38)26(16-19-8-2-1-3-9-19)34-30(36)22-11-5-6-12-23(22)31(34)37/h1-15,17-18,26H,16H2/b28-17-. The van der Waals surface area contributed by atoms with Gasteiger partial charge in [0.25, 0.3) is 11.8 Å². The third-order valence-electron chi connectivity index (χ3n) is 6.73. The monoisotopic (exact) mass is 549 g/mol. The predicted molar refractivity (Wildman–Crippen MR) is 147 cm³/mol. The molecule has 8 heteroatoms. The Morgan fingerprint density at radius 3 is 2.17 bits per heavy atom. The van der Waals surface area contributed by atoms with Crippen molar-refractivity contribution < 1.29 is 28.7 Å². The molecule has 0 radical (unpaired) electrons. The number of carbonyl (C=O) groups excluding carboxylic acids is 4. The van der Waals surface area contributed by atoms with E-state index in [0.29, 0.717) is 16.1 Å². The minimum absolute atomic E-state index is 0.0653. The number of hydrogen-bond acceptors (Lipinski definition) is 6. The molecule has 0 N–H and O–H groups in total. The Labute approximate surface area is 234 Å². The first-order valence-electron chi connectivity index (χ1n) is 12.5. The Hall–Kier alpha value is -5.01. The van der Waals surface area contributed by atoms with Crippen LogP contribution in [0.4, 0.5) is 0 Å². The van der Waals surface area contributed by atoms with Crippen LogP contribution in [-0.4, -0.2) is 34.5 Å². The van der Waals surface area contributed by atoms with Crippen LogP contribution in [0.25, 0.3) is 6.08 Å². The van der Waals surface area contributed by atoms with Crippen LogP contribution >= 0.6 is 11.6 Å². The first kappa shape index (κ1) is 25.3. The van der Waals surface area contributed by atoms with E-state index in [-0.39, 0.29) is 40.6 Å². The van der Waals surface area contributed by atoms with Gasteiger partial charge < -0.3 is 9.47 Å². The Morgan fingerprint density at radius 2 is 1.48 bits per heavy atom. The predicted octanol–water partition coefficient (Wildman–Crippen LogP) is 5.77. The highest BCUT2D eigenvalue weighted by Gasteiger charge is 2.43. The van der Waals surface area contributed by atoms with Crippen LogP contribution in [0, 0.1) is 0 Å². The van der Waals surface area contributed by atoms with Crippen molar-refractivity contribution in [1.82, 2.24) is 4.90 Å². The van der Waals surface area contributed by atoms with E-state index >= 15 is 0 Å². The third-order valence-corrected chi connectivity index (χ3v) is 7.08. The number of benzene rings is 4. The fraction of sp³-hybridized carbons (Fsp3) is 0.0625. The number of imide groups is 1. The van der Waals surface area contributed by atoms with Crippen LogP contribution < -0.4 is 9.47 Å². The molecule has 4 aromatic rings. The number of halogens is 1. The molecule has 0 saturated carbocycles. The number of amides is 2. The van der Waals surface area contributed by atoms with E-state index < -0.39 is 23.8 Å². The van der Waals surface area contributed by atoms with Crippen LogP contribution in [0.2, 0.25) is 5.02 Å². The maximum absolute atomic E-state index is 13.6. The van der Waals surface area contributed by atoms with E-state index in [9.17, 15) is 19.2 Å². The Balaban J connectivity index is 1.28. The van der Waals surface area contributed by atoms with Gasteiger partial charge in [-0.3, -0.25) is 19.3 Å². The van der Waals surface area contributed by atoms with Crippen molar-refractivity contribution in [2.24, 2.45) is 0 Å². The van der Waals surface area contributed by atoms with Gasteiger partial charge in [0, 0.05) is 17.5 Å². The summed E-state index contributed by atoms with van der Waals surface area (Å²) in [5.74, 6) is -1.85. The molecule has 0 spiro atoms. The Kier molecular flexibility index (Phi) is 6.50. The summed E-state index contributed by atoms with van der Waals surface area (Å²) in [6.07, 6.45) is 1.62. The molecule has 40 heavy (non-hydrogen) atoms. The molecule has 2 aliphatic heterocycles. The van der Waals surface area contributed by atoms with Crippen LogP contribution in [-0.2, 0) is 11.2 Å². The van der Waals surface area contributed by atoms with Crippen LogP contribution in [0.5, 0.6) is 11.5 Å². The topological polar surface area (TPSA) is 90.0 Å². The molecule has 196 valence electrons. The quantitative estimate of drug-likeness (QED) is 0.131. The minimum Gasteiger partial charge on any atom is -0.452 e. The number of ether oxygens (including phenoxy) is 2. The van der Waals surface area contributed by atoms with Gasteiger partial charge in [-0.2, -0.15) is 0 Å². The molecule has 0 bridgehead atoms. The average Bonchev–Trinajstić information content (AvgIpc) is 3.41. The highest BCUT2D eigenvalue weighted by Crippen LogP contribution is 2.36. The van der Waals surface area contributed by atoms with E-state index in [0.717, 1.165) is 10.5 Å². The van der Waals surface area contributed by atoms with Crippen LogP contribution in [0.3, 0.4) is 0 Å². The van der Waals surface area contributed by atoms with Crippen molar-refractivity contribution in [1.29, 1.82) is 0 Å². The molecule has 1 atom stereocenters. The van der Waals surface area contributed by atoms with Crippen molar-refractivity contribution in [2.75, 3.05) is 0 Å². The Morgan fingerprint density at radius 1 is 0.825 bits per heavy atom. The number of allylic oxidation sites excluding steroid dienone is 1. The second-order valence-electron chi connectivity index (χ2n) is 9.27. The highest BCUT2D eigenvalue weighted by molar-refractivity contribution is 6.32. The zero-order valence-electron chi connectivity index (χ0n) is 20.9. The number of hydrogen-bond donors (Lipinski definition) is 0. The fourth-order valence-corrected chi connectivity index (χ4v) is 4.95. The van der Waals surface area contributed by atoms with Crippen molar-refractivity contribution >= 4 is 41.2 Å². The summed E-state index contributed by atoms with van der Waals surface area (Å²) in [6.45, 7) is 0. The molecule has 2 amide bonds. The smallest absolute Gasteiger partial charge is 0.335 e. The van der Waals surface area contributed by atoms with E-state index in [4.69, 9.17) is 21.1 Å². The lowest BCUT2D eigenvalue weighted by Crippen LogP contribution is -2.48. The summed E-state index contributed by atoms with van der Waals surface area (Å²) in [7, 11) is 0. The van der Waals surface area contributed by atoms with E-state index in [1.807, 2.05) is 18.2 Å². The largest absolute Gasteiger partial charge is 0.452 e. The first-order valence-corrected chi connectivity index (χ1v) is 12.8. The van der Waals surface area contributed by atoms with Gasteiger partial charge in [0.2, 0.25) is 5.78 Å². The summed E-state index contributed by atoms with van der Waals surface area (Å²) in [5, 5.41) is 0.467. The maximum Gasteiger partial charge on any atom is 0.335 e. The van der Waals surface area contributed by atoms with Crippen LogP contribution in [0.1, 0.15) is 42.2 Å². The molecular formula is C32H20ClNO6. The molecule has 0 aromatic heterocycles. The number of Topliss-reactive ketones (excluding diaryl/α,β-unsaturated/α-hetero) is 1. The molecule has 2 aliphatic rings. The fourth-order valence-electron chi connectivity index (χ4n) is 4.76. The highest BCUT2D eigenvalue weighted by atomic mass is 35.5. The lowest BCUT2D eigenvalue weighted by molar-refractivity contribution is -0.138. The van der Waals surface area contributed by atoms with Gasteiger partial charge in [0.15, 0.2) is 5.76 Å². The van der Waals surface area contributed by atoms with Crippen molar-refractivity contribution in [3.05, 3.63) is 136 Å². The summed E-state index contributed by atoms with van der Waals surface area (Å²) in [5.41, 5.74) is 2.15. The molecule has 0 fully saturated rings. The molecule has 7 nitrogen and oxygen atoms in total. The zero-order chi connectivity index (χ0) is 27.8. The summed E-state index contributed by atoms with van der Waals surface area (Å²) < 4.78 is 11.4. The molecule has 2 heterocycles. The van der Waals surface area contributed by atoms with E-state index in [1.54, 1.807) is 66.7 Å². The van der Waals surface area contributed by atoms with E-state index in [1.165, 1.54) is 18.2 Å². The summed E-state index contributed by atoms with van der Waals surface area (Å²) in [6, 6.07) is 25.7. The van der Waals surface area contributed by atoms with E-state index in [2.05, 4.69) is 0 Å². The van der Waals surface area contributed by atoms with Gasteiger partial charge in [-0.25, -0.2) is 4.79 Å². The second kappa shape index (κ2) is 10.3. The molecule has 0 aliphatic carbocycles. The van der Waals surface area contributed by atoms with Crippen molar-refractivity contribution in [2.45, 2.75) is 12.5 Å². The van der Waals surface area contributed by atoms with Gasteiger partial charge in [-0.05, 0) is 47.5 Å². The van der Waals surface area contributed by atoms with Crippen molar-refractivity contribution in [3.8, 4) is 11.5 Å². The van der Waals surface area contributed by atoms with Gasteiger partial charge in [-0.1, -0.05) is 72.3 Å². The molecule has 4 aromatic carbocycles. The van der Waals surface area contributed by atoms with Crippen LogP contribution in [0.15, 0.2) is 103 Å². The number of rotatable bonds is 6. The first-order chi connectivity index (χ1) is 19.4. The number of fused-ring (bicyclic) bond motifs is 2. The second-order valence-corrected chi connectivity index (χ2v) is 9.68. The number of carbonyl (C=O) groups is 4. The number of esters is 1. The van der Waals surface area contributed by atoms with Gasteiger partial charge in [0.05, 0.1) is 16.7 Å². The average molecular weight is 550 g/mol. The molecular weight excluding hydrogens is 530 g/mol. The van der Waals surface area contributed by atoms with Gasteiger partial charge >= 0.3 is 5.97 Å². The normalized spacial score (nSPS) is 15.6. The lowest BCUT2D eigenvalue weighted by atomic mass is 10.0. The number of nitrogens with zero attached hydrogens (tertiary/aromatic N) is 1. The zero-order valence-corrected chi connectivity index (χ0v) is 21.6. The van der Waals surface area contributed by atoms with Crippen molar-refractivity contribution in [3.63, 3.8) is 0 Å². The molecule has 0 saturated heterocycles. The summed E-state index contributed by atoms with van der Waals surface area (Å²) in [4.78, 5) is 53.8. The molecule has 1 unspecified atom stereocenters. The van der Waals surface area contributed by atoms with Gasteiger partial charge in [0.1, 0.15) is 17.5 Å². The maximum atomic E-state index is 13.6. The van der Waals surface area contributed by atoms with Gasteiger partial charge in [-0.15, -0.1) is 0 Å². The molecule has 6 rings (SSSR count). The minimum atomic E-state index is -1.22. The number of ketones is 1.